The molecule has 0 unspecified atom stereocenters. The number of aromatic nitrogens is 2. The molecule has 4 bridgehead atoms. The number of nitrogens with zero attached hydrogens (tertiary/aromatic N) is 2. The lowest BCUT2D eigenvalue weighted by molar-refractivity contribution is -0.207. The number of aromatic hydroxyl groups is 2. The van der Waals surface area contributed by atoms with Gasteiger partial charge in [-0.15, -0.1) is 0 Å². The molecule has 2 aliphatic heterocycles. The SMILES string of the molecule is CO[C@H]1/C=C/O[C@@]2(C)Oc3c(C)c(O)c4c(O)c(c5c(nc6cc(C)ccn65)c4c3C2=O)NC(=O)/C(C)=C\C=C\[C@H](C)[C@H](O)[C@@H](C)[C@@H](O)[C@@H](C)[C@H](OC(C)=O)[C@@H]1C.C[C@H](CCC(=O)O)[C@H]1CC[C@H]2[C@@H]3[C@H](O)C[C@@H]4C[C@H](O)CC[C@]4(C)[C@H]3C[C@H](O)[C@]12C. The number of aliphatic hydroxyl groups excluding tert-OH is 5. The Kier molecular flexibility index (Phi) is 18.3. The van der Waals surface area contributed by atoms with Gasteiger partial charge in [-0.05, 0) is 142 Å². The summed E-state index contributed by atoms with van der Waals surface area (Å²) >= 11 is 0. The normalized spacial score (nSPS) is 38.3. The zero-order valence-electron chi connectivity index (χ0n) is 52.0. The Hall–Kier alpha value is -6.09. The fraction of sp³-hybridized carbons (Fsp3) is 0.627. The minimum Gasteiger partial charge on any atom is -0.507 e. The van der Waals surface area contributed by atoms with E-state index in [2.05, 4.69) is 26.1 Å². The first-order valence-corrected chi connectivity index (χ1v) is 30.8. The fourth-order valence-corrected chi connectivity index (χ4v) is 16.7. The molecule has 1 amide bonds. The largest absolute Gasteiger partial charge is 0.507 e. The number of anilines is 1. The number of hydrogen-bond acceptors (Lipinski definition) is 16. The number of carboxylic acid groups (broad SMARTS) is 1. The number of amides is 1. The summed E-state index contributed by atoms with van der Waals surface area (Å²) in [6.45, 7) is 21.4. The van der Waals surface area contributed by atoms with E-state index in [9.17, 15) is 54.9 Å². The second-order valence-electron chi connectivity index (χ2n) is 27.0. The Labute approximate surface area is 503 Å². The molecule has 2 aromatic carbocycles. The van der Waals surface area contributed by atoms with Crippen molar-refractivity contribution in [3.05, 3.63) is 71.2 Å². The van der Waals surface area contributed by atoms with Crippen molar-refractivity contribution in [3.8, 4) is 17.2 Å². The summed E-state index contributed by atoms with van der Waals surface area (Å²) in [5.41, 5.74) is 2.04. The van der Waals surface area contributed by atoms with E-state index in [0.717, 1.165) is 50.5 Å². The number of phenolic OH excluding ortho intramolecular Hbond substituents is 2. The number of ketones is 1. The number of benzene rings is 2. The zero-order valence-corrected chi connectivity index (χ0v) is 52.0. The first-order valence-electron chi connectivity index (χ1n) is 30.8. The summed E-state index contributed by atoms with van der Waals surface area (Å²) in [7, 11) is 1.46. The number of aliphatic carboxylic acids is 1. The van der Waals surface area contributed by atoms with Crippen LogP contribution in [-0.4, -0.2) is 129 Å². The highest BCUT2D eigenvalue weighted by atomic mass is 16.7. The molecule has 4 aromatic rings. The number of aryl methyl sites for hydroxylation is 1. The molecule has 0 radical (unpaired) electrons. The Bertz CT molecular complexity index is 3370. The summed E-state index contributed by atoms with van der Waals surface area (Å²) in [4.78, 5) is 56.6. The second-order valence-corrected chi connectivity index (χ2v) is 27.0. The van der Waals surface area contributed by atoms with Gasteiger partial charge in [0.15, 0.2) is 5.75 Å². The Morgan fingerprint density at radius 1 is 0.895 bits per heavy atom. The summed E-state index contributed by atoms with van der Waals surface area (Å²) in [5, 5.41) is 91.4. The van der Waals surface area contributed by atoms with Gasteiger partial charge in [-0.25, -0.2) is 4.98 Å². The maximum atomic E-state index is 14.6. The third kappa shape index (κ3) is 11.2. The molecule has 20 atom stereocenters. The average Bonchev–Trinajstić information content (AvgIpc) is 1.51. The first kappa shape index (κ1) is 64.4. The molecular formula is C67H91N3O16. The number of esters is 1. The Morgan fingerprint density at radius 2 is 1.60 bits per heavy atom. The van der Waals surface area contributed by atoms with E-state index in [0.29, 0.717) is 35.7 Å². The van der Waals surface area contributed by atoms with Crippen LogP contribution in [0, 0.1) is 83.9 Å². The molecule has 86 heavy (non-hydrogen) atoms. The number of aliphatic hydroxyl groups is 5. The quantitative estimate of drug-likeness (QED) is 0.0641. The lowest BCUT2D eigenvalue weighted by Gasteiger charge is -2.63. The number of fused-ring (bicyclic) bond motifs is 7. The molecule has 10 rings (SSSR count). The van der Waals surface area contributed by atoms with Gasteiger partial charge in [0.25, 0.3) is 11.7 Å². The van der Waals surface area contributed by atoms with Gasteiger partial charge in [-0.1, -0.05) is 66.7 Å². The van der Waals surface area contributed by atoms with Gasteiger partial charge >= 0.3 is 17.7 Å². The summed E-state index contributed by atoms with van der Waals surface area (Å²) in [6, 6.07) is 3.64. The van der Waals surface area contributed by atoms with Gasteiger partial charge in [-0.2, -0.15) is 0 Å². The van der Waals surface area contributed by atoms with Crippen LogP contribution in [0.3, 0.4) is 0 Å². The van der Waals surface area contributed by atoms with Crippen LogP contribution in [0.25, 0.3) is 27.5 Å². The minimum atomic E-state index is -1.96. The fourth-order valence-electron chi connectivity index (χ4n) is 16.7. The minimum absolute atomic E-state index is 0.0185. The van der Waals surface area contributed by atoms with Gasteiger partial charge in [0.2, 0.25) is 0 Å². The molecule has 4 saturated carbocycles. The molecule has 4 heterocycles. The van der Waals surface area contributed by atoms with Crippen LogP contribution in [0.2, 0.25) is 0 Å². The smallest absolute Gasteiger partial charge is 0.312 e. The van der Waals surface area contributed by atoms with Crippen molar-refractivity contribution in [1.29, 1.82) is 0 Å². The van der Waals surface area contributed by atoms with Gasteiger partial charge in [0, 0.05) is 73.8 Å². The number of hydrogen-bond donors (Lipinski definition) is 9. The van der Waals surface area contributed by atoms with Gasteiger partial charge in [-0.3, -0.25) is 23.6 Å². The zero-order chi connectivity index (χ0) is 63.0. The molecular weight excluding hydrogens is 1100 g/mol. The lowest BCUT2D eigenvalue weighted by Crippen LogP contribution is -2.62. The van der Waals surface area contributed by atoms with Crippen LogP contribution in [-0.2, 0) is 28.6 Å². The van der Waals surface area contributed by atoms with Crippen molar-refractivity contribution in [1.82, 2.24) is 9.38 Å². The average molecular weight is 1190 g/mol. The van der Waals surface area contributed by atoms with Crippen LogP contribution in [0.4, 0.5) is 5.69 Å². The van der Waals surface area contributed by atoms with Crippen LogP contribution in [0.1, 0.15) is 149 Å². The van der Waals surface area contributed by atoms with Crippen molar-refractivity contribution < 1.29 is 79.0 Å². The van der Waals surface area contributed by atoms with E-state index in [4.69, 9.17) is 29.0 Å². The molecule has 4 aliphatic carbocycles. The summed E-state index contributed by atoms with van der Waals surface area (Å²) < 4.78 is 25.5. The number of imidazole rings is 1. The predicted molar refractivity (Wildman–Crippen MR) is 323 cm³/mol. The van der Waals surface area contributed by atoms with E-state index in [1.807, 2.05) is 19.1 Å². The second kappa shape index (κ2) is 24.5. The highest BCUT2D eigenvalue weighted by Gasteiger charge is 2.66. The predicted octanol–water partition coefficient (Wildman–Crippen LogP) is 9.61. The molecule has 2 aromatic heterocycles. The highest BCUT2D eigenvalue weighted by molar-refractivity contribution is 6.28. The molecule has 19 heteroatoms. The van der Waals surface area contributed by atoms with Crippen molar-refractivity contribution >= 4 is 56.8 Å². The van der Waals surface area contributed by atoms with Crippen molar-refractivity contribution in [2.24, 2.45) is 70.0 Å². The molecule has 9 N–H and O–H groups in total. The molecule has 6 aliphatic rings. The Balaban J connectivity index is 0.000000254. The van der Waals surface area contributed by atoms with Crippen LogP contribution in [0.15, 0.2) is 54.5 Å². The number of carbonyl (C=O) groups is 4. The summed E-state index contributed by atoms with van der Waals surface area (Å²) in [5.74, 6) is -5.96. The van der Waals surface area contributed by atoms with Gasteiger partial charge in [0.05, 0.1) is 53.8 Å². The van der Waals surface area contributed by atoms with Crippen LogP contribution >= 0.6 is 0 Å². The summed E-state index contributed by atoms with van der Waals surface area (Å²) in [6.07, 6.45) is 11.6. The number of Topliss-reactive ketones (excluding diaryl/α,β-unsaturated/α-hetero) is 1. The number of phenols is 2. The van der Waals surface area contributed by atoms with E-state index < -0.39 is 89.4 Å². The number of pyridine rings is 1. The highest BCUT2D eigenvalue weighted by Crippen LogP contribution is 2.68. The van der Waals surface area contributed by atoms with Crippen molar-refractivity contribution in [2.45, 2.75) is 189 Å². The molecule has 470 valence electrons. The first-order chi connectivity index (χ1) is 40.4. The molecule has 19 nitrogen and oxygen atoms in total. The number of carboxylic acids is 1. The van der Waals surface area contributed by atoms with E-state index in [-0.39, 0.29) is 97.0 Å². The maximum Gasteiger partial charge on any atom is 0.312 e. The Morgan fingerprint density at radius 3 is 2.28 bits per heavy atom. The number of nitrogens with one attached hydrogen (secondary N) is 1. The van der Waals surface area contributed by atoms with Crippen molar-refractivity contribution in [2.75, 3.05) is 12.4 Å². The van der Waals surface area contributed by atoms with Crippen LogP contribution in [0.5, 0.6) is 17.2 Å². The molecule has 0 saturated heterocycles. The van der Waals surface area contributed by atoms with E-state index >= 15 is 0 Å². The number of rotatable bonds is 6. The number of ether oxygens (including phenoxy) is 4. The molecule has 0 spiro atoms. The van der Waals surface area contributed by atoms with E-state index in [1.165, 1.54) is 40.2 Å². The lowest BCUT2D eigenvalue weighted by atomic mass is 9.43. The third-order valence-corrected chi connectivity index (χ3v) is 21.9. The molecule has 4 fully saturated rings. The topological polar surface area (TPSA) is 296 Å². The van der Waals surface area contributed by atoms with E-state index in [1.54, 1.807) is 63.4 Å². The van der Waals surface area contributed by atoms with Gasteiger partial charge < -0.3 is 65.1 Å². The van der Waals surface area contributed by atoms with Crippen molar-refractivity contribution in [3.63, 3.8) is 0 Å². The van der Waals surface area contributed by atoms with Gasteiger partial charge in [0.1, 0.15) is 40.0 Å². The number of methoxy groups -OCH3 is 1. The van der Waals surface area contributed by atoms with Crippen LogP contribution < -0.4 is 10.1 Å². The monoisotopic (exact) mass is 1190 g/mol. The third-order valence-electron chi connectivity index (χ3n) is 21.9. The standard InChI is InChI=1S/C43H51N3O11.C24H40O5/c1-19-14-16-46-28(18-19)44-32-29-30-37(50)25(7)40-31(29)41(52)43(9,57-40)55-17-15-27(54-10)22(4)39(56-26(8)47)24(6)36(49)23(5)35(48)20(2)12-11-13-21(3)42(53)45-33(34(32)46)38(30)51;1-13(4-7-21(28)29)16-5-6-17-22-18(12-20(27)24(16,17)3)23(2)9-8-15(25)10-14(23)11-19(22)26/h11-18,20,22-24,27,35-36,39,48-51H,1-10H3,(H,45,53);13-20,22,25-27H,4-12H2,1-3H3,(H,28,29)/b12-11+,17-15+,21-13-;/t20-,22+,23+,24+,27-,35-,36+,39+,43-;13-,14+,15-,16-,17+,18+,19-,20+,22+,23+,24-/m01/s1. The number of carbonyl (C=O) groups excluding carboxylic acids is 3. The number of allylic oxidation sites excluding steroid dienone is 2. The maximum absolute atomic E-state index is 14.6.